The molecule has 4 aromatic rings. The Morgan fingerprint density at radius 3 is 2.38 bits per heavy atom. The van der Waals surface area contributed by atoms with Gasteiger partial charge in [-0.2, -0.15) is 0 Å². The number of hydrogen-bond acceptors (Lipinski definition) is 6. The SMILES string of the molecule is S=C(Nc1ccc(-c2ccccc2)nn1)Nc1ccccc1Nc1nc2c(s1)CCCC2. The molecule has 1 aliphatic carbocycles. The maximum absolute atomic E-state index is 5.51. The molecule has 160 valence electrons. The molecule has 0 radical (unpaired) electrons. The Morgan fingerprint density at radius 2 is 1.59 bits per heavy atom. The molecule has 2 aromatic heterocycles. The summed E-state index contributed by atoms with van der Waals surface area (Å²) >= 11 is 7.25. The van der Waals surface area contributed by atoms with E-state index in [1.165, 1.54) is 23.4 Å². The third-order valence-corrected chi connectivity index (χ3v) is 6.52. The summed E-state index contributed by atoms with van der Waals surface area (Å²) in [7, 11) is 0. The minimum atomic E-state index is 0.444. The zero-order valence-corrected chi connectivity index (χ0v) is 19.0. The van der Waals surface area contributed by atoms with Crippen LogP contribution in [0.3, 0.4) is 0 Å². The van der Waals surface area contributed by atoms with Crippen molar-refractivity contribution in [2.75, 3.05) is 16.0 Å². The van der Waals surface area contributed by atoms with Crippen molar-refractivity contribution in [3.63, 3.8) is 0 Å². The van der Waals surface area contributed by atoms with Crippen molar-refractivity contribution in [3.05, 3.63) is 77.3 Å². The number of aryl methyl sites for hydroxylation is 2. The van der Waals surface area contributed by atoms with Gasteiger partial charge in [0, 0.05) is 10.4 Å². The molecule has 2 aromatic carbocycles. The van der Waals surface area contributed by atoms with Crippen LogP contribution in [0.2, 0.25) is 0 Å². The fraction of sp³-hybridized carbons (Fsp3) is 0.167. The van der Waals surface area contributed by atoms with Crippen LogP contribution in [-0.4, -0.2) is 20.3 Å². The quantitative estimate of drug-likeness (QED) is 0.315. The maximum Gasteiger partial charge on any atom is 0.187 e. The molecule has 0 unspecified atom stereocenters. The molecule has 3 N–H and O–H groups in total. The smallest absolute Gasteiger partial charge is 0.187 e. The molecule has 8 heteroatoms. The van der Waals surface area contributed by atoms with Crippen molar-refractivity contribution in [2.24, 2.45) is 0 Å². The van der Waals surface area contributed by atoms with Gasteiger partial charge < -0.3 is 16.0 Å². The molecule has 0 spiro atoms. The van der Waals surface area contributed by atoms with Gasteiger partial charge in [0.15, 0.2) is 16.1 Å². The van der Waals surface area contributed by atoms with E-state index in [0.29, 0.717) is 10.9 Å². The first-order chi connectivity index (χ1) is 15.7. The molecule has 2 heterocycles. The Bertz CT molecular complexity index is 1200. The zero-order valence-electron chi connectivity index (χ0n) is 17.3. The summed E-state index contributed by atoms with van der Waals surface area (Å²) in [5.41, 5.74) is 4.87. The second-order valence-electron chi connectivity index (χ2n) is 7.52. The fourth-order valence-electron chi connectivity index (χ4n) is 3.65. The van der Waals surface area contributed by atoms with Gasteiger partial charge in [-0.15, -0.1) is 21.5 Å². The highest BCUT2D eigenvalue weighted by Crippen LogP contribution is 2.33. The first-order valence-electron chi connectivity index (χ1n) is 10.6. The van der Waals surface area contributed by atoms with E-state index in [4.69, 9.17) is 17.2 Å². The van der Waals surface area contributed by atoms with Gasteiger partial charge in [-0.1, -0.05) is 42.5 Å². The molecule has 0 amide bonds. The number of nitrogens with zero attached hydrogens (tertiary/aromatic N) is 3. The van der Waals surface area contributed by atoms with Gasteiger partial charge in [0.25, 0.3) is 0 Å². The second kappa shape index (κ2) is 9.42. The highest BCUT2D eigenvalue weighted by Gasteiger charge is 2.16. The van der Waals surface area contributed by atoms with Crippen LogP contribution in [0.15, 0.2) is 66.7 Å². The standard InChI is InChI=1S/C24H22N6S2/c31-23(28-22-15-14-17(29-30-22)16-8-2-1-3-9-16)25-18-10-4-5-11-19(18)26-24-27-20-12-6-7-13-21(20)32-24/h1-5,8-11,14-15H,6-7,12-13H2,(H,26,27)(H2,25,28,30,31). The van der Waals surface area contributed by atoms with Gasteiger partial charge in [0.05, 0.1) is 22.8 Å². The fourth-order valence-corrected chi connectivity index (χ4v) is 4.93. The maximum atomic E-state index is 5.51. The molecule has 0 atom stereocenters. The van der Waals surface area contributed by atoms with Crippen molar-refractivity contribution >= 4 is 51.0 Å². The van der Waals surface area contributed by atoms with Gasteiger partial charge in [-0.3, -0.25) is 0 Å². The Morgan fingerprint density at radius 1 is 0.812 bits per heavy atom. The summed E-state index contributed by atoms with van der Waals surface area (Å²) in [6.45, 7) is 0. The molecule has 0 saturated carbocycles. The third kappa shape index (κ3) is 4.76. The van der Waals surface area contributed by atoms with Crippen LogP contribution in [0.1, 0.15) is 23.4 Å². The van der Waals surface area contributed by atoms with E-state index in [9.17, 15) is 0 Å². The van der Waals surface area contributed by atoms with E-state index in [-0.39, 0.29) is 0 Å². The van der Waals surface area contributed by atoms with Gasteiger partial charge in [0.2, 0.25) is 0 Å². The number of fused-ring (bicyclic) bond motifs is 1. The van der Waals surface area contributed by atoms with Crippen molar-refractivity contribution in [3.8, 4) is 11.3 Å². The number of anilines is 4. The average Bonchev–Trinajstić information content (AvgIpc) is 3.24. The van der Waals surface area contributed by atoms with Crippen LogP contribution >= 0.6 is 23.6 Å². The molecular formula is C24H22N6S2. The Hall–Kier alpha value is -3.36. The van der Waals surface area contributed by atoms with Crippen LogP contribution in [0.25, 0.3) is 11.3 Å². The van der Waals surface area contributed by atoms with E-state index < -0.39 is 0 Å². The van der Waals surface area contributed by atoms with Gasteiger partial charge in [-0.25, -0.2) is 4.98 Å². The van der Waals surface area contributed by atoms with Crippen molar-refractivity contribution in [1.29, 1.82) is 0 Å². The molecule has 6 nitrogen and oxygen atoms in total. The first-order valence-corrected chi connectivity index (χ1v) is 11.8. The van der Waals surface area contributed by atoms with E-state index in [1.807, 2.05) is 66.7 Å². The Labute approximate surface area is 196 Å². The van der Waals surface area contributed by atoms with E-state index in [1.54, 1.807) is 11.3 Å². The molecule has 0 saturated heterocycles. The van der Waals surface area contributed by atoms with Crippen molar-refractivity contribution < 1.29 is 0 Å². The predicted octanol–water partition coefficient (Wildman–Crippen LogP) is 6.03. The van der Waals surface area contributed by atoms with E-state index in [2.05, 4.69) is 26.1 Å². The van der Waals surface area contributed by atoms with Crippen LogP contribution in [0, 0.1) is 0 Å². The van der Waals surface area contributed by atoms with E-state index >= 15 is 0 Å². The van der Waals surface area contributed by atoms with E-state index in [0.717, 1.165) is 40.6 Å². The Balaban J connectivity index is 1.25. The molecule has 0 aliphatic heterocycles. The number of para-hydroxylation sites is 2. The van der Waals surface area contributed by atoms with Crippen LogP contribution < -0.4 is 16.0 Å². The number of nitrogens with one attached hydrogen (secondary N) is 3. The average molecular weight is 459 g/mol. The van der Waals surface area contributed by atoms with Crippen LogP contribution in [0.5, 0.6) is 0 Å². The topological polar surface area (TPSA) is 74.8 Å². The normalized spacial score (nSPS) is 12.6. The predicted molar refractivity (Wildman–Crippen MR) is 136 cm³/mol. The van der Waals surface area contributed by atoms with Crippen LogP contribution in [0.4, 0.5) is 22.3 Å². The highest BCUT2D eigenvalue weighted by atomic mass is 32.1. The summed E-state index contributed by atoms with van der Waals surface area (Å²) < 4.78 is 0. The van der Waals surface area contributed by atoms with Crippen LogP contribution in [-0.2, 0) is 12.8 Å². The van der Waals surface area contributed by atoms with Gasteiger partial charge >= 0.3 is 0 Å². The number of thiocarbonyl (C=S) groups is 1. The van der Waals surface area contributed by atoms with Crippen molar-refractivity contribution in [2.45, 2.75) is 25.7 Å². The lowest BCUT2D eigenvalue weighted by molar-refractivity contribution is 0.683. The number of thiazole rings is 1. The summed E-state index contributed by atoms with van der Waals surface area (Å²) in [4.78, 5) is 6.18. The molecule has 0 fully saturated rings. The third-order valence-electron chi connectivity index (χ3n) is 5.24. The molecule has 32 heavy (non-hydrogen) atoms. The summed E-state index contributed by atoms with van der Waals surface area (Å²) in [5, 5.41) is 19.7. The second-order valence-corrected chi connectivity index (χ2v) is 9.01. The lowest BCUT2D eigenvalue weighted by Crippen LogP contribution is -2.20. The van der Waals surface area contributed by atoms with Gasteiger partial charge in [-0.05, 0) is 62.2 Å². The highest BCUT2D eigenvalue weighted by molar-refractivity contribution is 7.80. The lowest BCUT2D eigenvalue weighted by atomic mass is 10.0. The molecule has 5 rings (SSSR count). The first kappa shape index (κ1) is 20.5. The number of rotatable bonds is 5. The summed E-state index contributed by atoms with van der Waals surface area (Å²) in [5.74, 6) is 0.584. The number of aromatic nitrogens is 3. The Kier molecular flexibility index (Phi) is 6.04. The van der Waals surface area contributed by atoms with Gasteiger partial charge in [0.1, 0.15) is 0 Å². The molecule has 0 bridgehead atoms. The monoisotopic (exact) mass is 458 g/mol. The summed E-state index contributed by atoms with van der Waals surface area (Å²) in [6, 6.07) is 21.7. The minimum absolute atomic E-state index is 0.444. The molecular weight excluding hydrogens is 436 g/mol. The zero-order chi connectivity index (χ0) is 21.8. The lowest BCUT2D eigenvalue weighted by Gasteiger charge is -2.14. The van der Waals surface area contributed by atoms with Crippen molar-refractivity contribution in [1.82, 2.24) is 15.2 Å². The minimum Gasteiger partial charge on any atom is -0.331 e. The number of hydrogen-bond donors (Lipinski definition) is 3. The molecule has 1 aliphatic rings. The largest absolute Gasteiger partial charge is 0.331 e. The number of benzene rings is 2. The summed E-state index contributed by atoms with van der Waals surface area (Å²) in [6.07, 6.45) is 4.68.